The van der Waals surface area contributed by atoms with Crippen LogP contribution >= 0.6 is 22.7 Å². The number of anilines is 1. The second-order valence-corrected chi connectivity index (χ2v) is 13.0. The van der Waals surface area contributed by atoms with Crippen molar-refractivity contribution in [1.82, 2.24) is 19.9 Å². The molecule has 4 aromatic heterocycles. The summed E-state index contributed by atoms with van der Waals surface area (Å²) in [6, 6.07) is 16.9. The average molecular weight is 538 g/mol. The second-order valence-electron chi connectivity index (χ2n) is 8.88. The summed E-state index contributed by atoms with van der Waals surface area (Å²) in [4.78, 5) is 15.9. The highest BCUT2D eigenvalue weighted by Gasteiger charge is 2.30. The van der Waals surface area contributed by atoms with Crippen LogP contribution in [0.3, 0.4) is 0 Å². The molecular weight excluding hydrogens is 511 g/mol. The molecule has 4 heterocycles. The summed E-state index contributed by atoms with van der Waals surface area (Å²) in [5, 5.41) is 3.60. The van der Waals surface area contributed by atoms with E-state index >= 15 is 0 Å². The number of thiazole rings is 1. The van der Waals surface area contributed by atoms with Crippen molar-refractivity contribution >= 4 is 49.3 Å². The first kappa shape index (κ1) is 24.6. The molecule has 0 saturated heterocycles. The van der Waals surface area contributed by atoms with Gasteiger partial charge in [-0.25, -0.2) is 13.4 Å². The van der Waals surface area contributed by atoms with Crippen molar-refractivity contribution in [3.8, 4) is 10.7 Å². The number of benzene rings is 1. The van der Waals surface area contributed by atoms with Crippen LogP contribution in [-0.2, 0) is 23.1 Å². The highest BCUT2D eigenvalue weighted by molar-refractivity contribution is 7.94. The molecule has 10 heteroatoms. The Balaban J connectivity index is 1.43. The highest BCUT2D eigenvalue weighted by atomic mass is 32.2. The molecule has 0 radical (unpaired) electrons. The van der Waals surface area contributed by atoms with Crippen LogP contribution in [0.5, 0.6) is 0 Å². The smallest absolute Gasteiger partial charge is 0.274 e. The molecule has 186 valence electrons. The first-order valence-electron chi connectivity index (χ1n) is 11.6. The number of para-hydroxylation sites is 1. The number of sulfonamides is 1. The number of aromatic amines is 1. The molecule has 0 aliphatic heterocycles. The Kier molecular flexibility index (Phi) is 6.94. The molecule has 0 spiro atoms. The van der Waals surface area contributed by atoms with E-state index in [9.17, 15) is 8.42 Å². The van der Waals surface area contributed by atoms with Crippen LogP contribution in [0.15, 0.2) is 76.6 Å². The Morgan fingerprint density at radius 1 is 1.03 bits per heavy atom. The highest BCUT2D eigenvalue weighted by Crippen LogP contribution is 2.36. The fourth-order valence-electron chi connectivity index (χ4n) is 4.23. The zero-order chi connectivity index (χ0) is 25.3. The van der Waals surface area contributed by atoms with Gasteiger partial charge < -0.3 is 4.98 Å². The van der Waals surface area contributed by atoms with Crippen LogP contribution in [-0.4, -0.2) is 41.4 Å². The molecule has 0 fully saturated rings. The largest absolute Gasteiger partial charge is 0.351 e. The number of rotatable bonds is 9. The van der Waals surface area contributed by atoms with Crippen LogP contribution in [0.1, 0.15) is 24.4 Å². The van der Waals surface area contributed by atoms with Gasteiger partial charge in [0.25, 0.3) is 10.0 Å². The molecule has 0 atom stereocenters. The minimum Gasteiger partial charge on any atom is -0.351 e. The van der Waals surface area contributed by atoms with Crippen LogP contribution in [0.2, 0.25) is 0 Å². The lowest BCUT2D eigenvalue weighted by Gasteiger charge is -2.28. The van der Waals surface area contributed by atoms with Gasteiger partial charge in [0.1, 0.15) is 9.22 Å². The van der Waals surface area contributed by atoms with Crippen molar-refractivity contribution in [1.29, 1.82) is 0 Å². The van der Waals surface area contributed by atoms with Crippen molar-refractivity contribution in [2.24, 2.45) is 0 Å². The van der Waals surface area contributed by atoms with E-state index in [0.717, 1.165) is 45.3 Å². The van der Waals surface area contributed by atoms with E-state index in [-0.39, 0.29) is 6.04 Å². The summed E-state index contributed by atoms with van der Waals surface area (Å²) >= 11 is 2.86. The Hall–Kier alpha value is -3.05. The van der Waals surface area contributed by atoms with E-state index in [0.29, 0.717) is 9.90 Å². The number of hydrogen-bond donors (Lipinski definition) is 1. The topological polar surface area (TPSA) is 82.2 Å². The van der Waals surface area contributed by atoms with E-state index in [1.165, 1.54) is 15.6 Å². The van der Waals surface area contributed by atoms with E-state index < -0.39 is 10.0 Å². The first-order chi connectivity index (χ1) is 17.3. The molecule has 7 nitrogen and oxygen atoms in total. The third-order valence-corrected chi connectivity index (χ3v) is 10.1. The number of nitrogens with zero attached hydrogens (tertiary/aromatic N) is 4. The number of nitrogens with one attached hydrogen (secondary N) is 1. The molecule has 1 aromatic carbocycles. The normalized spacial score (nSPS) is 12.1. The lowest BCUT2D eigenvalue weighted by atomic mass is 10.2. The van der Waals surface area contributed by atoms with Crippen LogP contribution in [0.4, 0.5) is 5.69 Å². The summed E-state index contributed by atoms with van der Waals surface area (Å²) in [6.45, 7) is 5.30. The molecule has 0 saturated carbocycles. The molecular formula is C26H27N5O2S3. The molecule has 1 N–H and O–H groups in total. The average Bonchev–Trinajstić information content (AvgIpc) is 3.60. The minimum absolute atomic E-state index is 0.254. The van der Waals surface area contributed by atoms with E-state index in [4.69, 9.17) is 0 Å². The standard InChI is InChI=1S/C26H27N5O2S3/c1-18(2)31(36(32,33)24-11-7-13-34-24)23-10-6-8-19-14-22(29-25(19)23)26-28-15-21(35-26)17-30(3)16-20-9-4-5-12-27-20/h4-15,18,29H,16-17H2,1-3H3. The SMILES string of the molecule is CC(C)N(c1cccc2cc(-c3ncc(CN(C)Cc4ccccn4)s3)[nH]c12)S(=O)(=O)c1cccs1. The first-order valence-corrected chi connectivity index (χ1v) is 14.7. The van der Waals surface area contributed by atoms with Crippen LogP contribution in [0, 0.1) is 0 Å². The molecule has 36 heavy (non-hydrogen) atoms. The number of hydrogen-bond acceptors (Lipinski definition) is 7. The fraction of sp³-hybridized carbons (Fsp3) is 0.231. The van der Waals surface area contributed by atoms with Crippen LogP contribution < -0.4 is 4.31 Å². The Morgan fingerprint density at radius 3 is 2.61 bits per heavy atom. The fourth-order valence-corrected chi connectivity index (χ4v) is 7.94. The van der Waals surface area contributed by atoms with Crippen molar-refractivity contribution in [2.75, 3.05) is 11.4 Å². The molecule has 0 amide bonds. The Labute approximate surface area is 219 Å². The number of aromatic nitrogens is 3. The number of pyridine rings is 1. The second kappa shape index (κ2) is 10.1. The predicted octanol–water partition coefficient (Wildman–Crippen LogP) is 5.98. The lowest BCUT2D eigenvalue weighted by Crippen LogP contribution is -2.36. The summed E-state index contributed by atoms with van der Waals surface area (Å²) in [5.74, 6) is 0. The van der Waals surface area contributed by atoms with Crippen molar-refractivity contribution in [3.05, 3.63) is 82.9 Å². The van der Waals surface area contributed by atoms with E-state index in [1.807, 2.05) is 68.7 Å². The van der Waals surface area contributed by atoms with Crippen molar-refractivity contribution < 1.29 is 8.42 Å². The number of H-pyrrole nitrogens is 1. The predicted molar refractivity (Wildman–Crippen MR) is 148 cm³/mol. The number of fused-ring (bicyclic) bond motifs is 1. The third-order valence-electron chi connectivity index (χ3n) is 5.72. The van der Waals surface area contributed by atoms with Gasteiger partial charge in [0.05, 0.1) is 22.6 Å². The Bertz CT molecular complexity index is 1560. The van der Waals surface area contributed by atoms with Gasteiger partial charge in [0.2, 0.25) is 0 Å². The minimum atomic E-state index is -3.68. The van der Waals surface area contributed by atoms with E-state index in [2.05, 4.69) is 26.9 Å². The summed E-state index contributed by atoms with van der Waals surface area (Å²) in [6.07, 6.45) is 3.72. The maximum atomic E-state index is 13.5. The van der Waals surface area contributed by atoms with Crippen molar-refractivity contribution in [2.45, 2.75) is 37.2 Å². The summed E-state index contributed by atoms with van der Waals surface area (Å²) in [7, 11) is -1.62. The molecule has 0 bridgehead atoms. The summed E-state index contributed by atoms with van der Waals surface area (Å²) < 4.78 is 28.8. The van der Waals surface area contributed by atoms with Gasteiger partial charge in [-0.3, -0.25) is 14.2 Å². The Morgan fingerprint density at radius 2 is 1.89 bits per heavy atom. The van der Waals surface area contributed by atoms with Gasteiger partial charge in [-0.1, -0.05) is 24.3 Å². The zero-order valence-electron chi connectivity index (χ0n) is 20.2. The lowest BCUT2D eigenvalue weighted by molar-refractivity contribution is 0.318. The third kappa shape index (κ3) is 4.94. The van der Waals surface area contributed by atoms with E-state index in [1.54, 1.807) is 28.8 Å². The van der Waals surface area contributed by atoms with Gasteiger partial charge in [0, 0.05) is 41.8 Å². The van der Waals surface area contributed by atoms with Gasteiger partial charge in [0.15, 0.2) is 0 Å². The molecule has 0 aliphatic rings. The monoisotopic (exact) mass is 537 g/mol. The van der Waals surface area contributed by atoms with Crippen LogP contribution in [0.25, 0.3) is 21.6 Å². The summed E-state index contributed by atoms with van der Waals surface area (Å²) in [5.41, 5.74) is 3.32. The maximum Gasteiger partial charge on any atom is 0.274 e. The number of thiophene rings is 1. The van der Waals surface area contributed by atoms with Gasteiger partial charge in [-0.15, -0.1) is 22.7 Å². The quantitative estimate of drug-likeness (QED) is 0.250. The molecule has 5 rings (SSSR count). The molecule has 0 aliphatic carbocycles. The molecule has 5 aromatic rings. The zero-order valence-corrected chi connectivity index (χ0v) is 22.7. The van der Waals surface area contributed by atoms with Gasteiger partial charge in [-0.2, -0.15) is 0 Å². The van der Waals surface area contributed by atoms with Gasteiger partial charge in [-0.05, 0) is 56.6 Å². The van der Waals surface area contributed by atoms with Crippen molar-refractivity contribution in [3.63, 3.8) is 0 Å². The van der Waals surface area contributed by atoms with Gasteiger partial charge >= 0.3 is 0 Å². The molecule has 0 unspecified atom stereocenters. The maximum absolute atomic E-state index is 13.5.